The van der Waals surface area contributed by atoms with Gasteiger partial charge in [0.05, 0.1) is 38.2 Å². The van der Waals surface area contributed by atoms with E-state index < -0.39 is 0 Å². The van der Waals surface area contributed by atoms with Crippen LogP contribution >= 0.6 is 0 Å². The first-order valence-corrected chi connectivity index (χ1v) is 12.1. The number of nitrogens with zero attached hydrogens (tertiary/aromatic N) is 4. The van der Waals surface area contributed by atoms with Crippen molar-refractivity contribution < 1.29 is 14.3 Å². The number of carbonyl (C=O) groups excluding carboxylic acids is 1. The molecular weight excluding hydrogens is 442 g/mol. The molecule has 0 aliphatic carbocycles. The number of hydrogen-bond donors (Lipinski definition) is 1. The molecule has 2 aromatic carbocycles. The number of carbonyl (C=O) groups is 1. The largest absolute Gasteiger partial charge is 0.495 e. The van der Waals surface area contributed by atoms with Crippen LogP contribution in [0.1, 0.15) is 28.2 Å². The monoisotopic (exact) mass is 473 g/mol. The van der Waals surface area contributed by atoms with Crippen molar-refractivity contribution in [2.24, 2.45) is 0 Å². The molecule has 1 aromatic heterocycles. The van der Waals surface area contributed by atoms with Gasteiger partial charge >= 0.3 is 6.03 Å². The molecule has 3 heterocycles. The van der Waals surface area contributed by atoms with Crippen molar-refractivity contribution in [3.8, 4) is 5.75 Å². The summed E-state index contributed by atoms with van der Waals surface area (Å²) in [6.45, 7) is 6.06. The van der Waals surface area contributed by atoms with Crippen LogP contribution in [-0.4, -0.2) is 60.9 Å². The van der Waals surface area contributed by atoms with E-state index in [0.29, 0.717) is 50.6 Å². The van der Waals surface area contributed by atoms with Crippen LogP contribution in [0.15, 0.2) is 48.5 Å². The molecule has 1 fully saturated rings. The molecule has 5 rings (SSSR count). The quantitative estimate of drug-likeness (QED) is 0.607. The van der Waals surface area contributed by atoms with Crippen LogP contribution in [0.3, 0.4) is 0 Å². The van der Waals surface area contributed by atoms with Crippen molar-refractivity contribution in [1.82, 2.24) is 14.9 Å². The molecule has 1 saturated heterocycles. The lowest BCUT2D eigenvalue weighted by atomic mass is 10.0. The fourth-order valence-electron chi connectivity index (χ4n) is 4.68. The Balaban J connectivity index is 1.42. The van der Waals surface area contributed by atoms with Gasteiger partial charge in [-0.15, -0.1) is 0 Å². The molecule has 0 bridgehead atoms. The normalized spacial score (nSPS) is 15.5. The fourth-order valence-corrected chi connectivity index (χ4v) is 4.68. The molecule has 2 aliphatic rings. The minimum atomic E-state index is -0.156. The Kier molecular flexibility index (Phi) is 6.81. The molecule has 0 radical (unpaired) electrons. The molecule has 0 atom stereocenters. The zero-order chi connectivity index (χ0) is 24.2. The van der Waals surface area contributed by atoms with Crippen LogP contribution in [0.2, 0.25) is 0 Å². The summed E-state index contributed by atoms with van der Waals surface area (Å²) in [6.07, 6.45) is 1.37. The maximum atomic E-state index is 13.2. The number of para-hydroxylation sites is 2. The van der Waals surface area contributed by atoms with Crippen molar-refractivity contribution in [2.45, 2.75) is 26.3 Å². The number of rotatable bonds is 5. The van der Waals surface area contributed by atoms with Crippen LogP contribution in [0, 0.1) is 6.92 Å². The summed E-state index contributed by atoms with van der Waals surface area (Å²) in [7, 11) is 1.60. The number of morpholine rings is 1. The number of benzene rings is 2. The molecule has 3 aromatic rings. The Morgan fingerprint density at radius 2 is 1.91 bits per heavy atom. The minimum Gasteiger partial charge on any atom is -0.495 e. The van der Waals surface area contributed by atoms with Gasteiger partial charge < -0.3 is 24.6 Å². The molecule has 0 saturated carbocycles. The lowest BCUT2D eigenvalue weighted by Gasteiger charge is -2.34. The van der Waals surface area contributed by atoms with Gasteiger partial charge in [0.1, 0.15) is 17.4 Å². The number of aryl methyl sites for hydroxylation is 1. The van der Waals surface area contributed by atoms with E-state index >= 15 is 0 Å². The Hall–Kier alpha value is -3.65. The van der Waals surface area contributed by atoms with Gasteiger partial charge in [0.2, 0.25) is 0 Å². The highest BCUT2D eigenvalue weighted by molar-refractivity contribution is 5.91. The highest BCUT2D eigenvalue weighted by Crippen LogP contribution is 2.29. The third kappa shape index (κ3) is 5.22. The summed E-state index contributed by atoms with van der Waals surface area (Å²) in [6, 6.07) is 15.8. The molecule has 8 nitrogen and oxygen atoms in total. The van der Waals surface area contributed by atoms with Crippen LogP contribution in [0.25, 0.3) is 0 Å². The number of amides is 2. The van der Waals surface area contributed by atoms with Gasteiger partial charge in [-0.25, -0.2) is 14.8 Å². The van der Waals surface area contributed by atoms with E-state index in [1.54, 1.807) is 7.11 Å². The predicted octanol–water partition coefficient (Wildman–Crippen LogP) is 3.81. The fraction of sp³-hybridized carbons (Fsp3) is 0.370. The van der Waals surface area contributed by atoms with E-state index in [9.17, 15) is 4.79 Å². The molecule has 1 N–H and O–H groups in total. The number of nitrogens with one attached hydrogen (secondary N) is 1. The molecule has 2 amide bonds. The number of ether oxygens (including phenoxy) is 2. The molecule has 8 heteroatoms. The van der Waals surface area contributed by atoms with Crippen LogP contribution in [-0.2, 0) is 24.1 Å². The summed E-state index contributed by atoms with van der Waals surface area (Å²) < 4.78 is 11.0. The average molecular weight is 474 g/mol. The molecule has 0 unspecified atom stereocenters. The standard InChI is InChI=1S/C27H31N5O3/c1-19-6-5-7-20(16-19)17-25-28-22-10-11-32(27(33)29-23-8-3-4-9-24(23)34-2)18-21(22)26(30-25)31-12-14-35-15-13-31/h3-9,16H,10-15,17-18H2,1-2H3,(H,29,33). The van der Waals surface area contributed by atoms with E-state index in [1.165, 1.54) is 11.1 Å². The molecular formula is C27H31N5O3. The minimum absolute atomic E-state index is 0.156. The smallest absolute Gasteiger partial charge is 0.322 e. The summed E-state index contributed by atoms with van der Waals surface area (Å²) >= 11 is 0. The van der Waals surface area contributed by atoms with Gasteiger partial charge in [-0.05, 0) is 24.6 Å². The van der Waals surface area contributed by atoms with Crippen molar-refractivity contribution in [2.75, 3.05) is 50.2 Å². The Bertz CT molecular complexity index is 1210. The third-order valence-electron chi connectivity index (χ3n) is 6.48. The van der Waals surface area contributed by atoms with Crippen molar-refractivity contribution in [3.63, 3.8) is 0 Å². The summed E-state index contributed by atoms with van der Waals surface area (Å²) in [5, 5.41) is 3.00. The second-order valence-electron chi connectivity index (χ2n) is 8.96. The lowest BCUT2D eigenvalue weighted by Crippen LogP contribution is -2.42. The number of hydrogen-bond acceptors (Lipinski definition) is 6. The van der Waals surface area contributed by atoms with Gasteiger partial charge in [-0.1, -0.05) is 42.0 Å². The maximum Gasteiger partial charge on any atom is 0.322 e. The summed E-state index contributed by atoms with van der Waals surface area (Å²) in [4.78, 5) is 27.2. The van der Waals surface area contributed by atoms with Crippen LogP contribution in [0.4, 0.5) is 16.3 Å². The number of fused-ring (bicyclic) bond motifs is 1. The SMILES string of the molecule is COc1ccccc1NC(=O)N1CCc2nc(Cc3cccc(C)c3)nc(N3CCOCC3)c2C1. The van der Waals surface area contributed by atoms with Crippen LogP contribution < -0.4 is 15.0 Å². The first-order chi connectivity index (χ1) is 17.1. The Morgan fingerprint density at radius 1 is 1.09 bits per heavy atom. The zero-order valence-electron chi connectivity index (χ0n) is 20.3. The number of urea groups is 1. The molecule has 35 heavy (non-hydrogen) atoms. The second-order valence-corrected chi connectivity index (χ2v) is 8.96. The van der Waals surface area contributed by atoms with Crippen molar-refractivity contribution >= 4 is 17.5 Å². The van der Waals surface area contributed by atoms with Gasteiger partial charge in [-0.3, -0.25) is 0 Å². The van der Waals surface area contributed by atoms with E-state index in [-0.39, 0.29) is 6.03 Å². The van der Waals surface area contributed by atoms with Gasteiger partial charge in [0.25, 0.3) is 0 Å². The van der Waals surface area contributed by atoms with E-state index in [1.807, 2.05) is 29.2 Å². The summed E-state index contributed by atoms with van der Waals surface area (Å²) in [5.74, 6) is 2.38. The molecule has 2 aliphatic heterocycles. The first kappa shape index (κ1) is 23.1. The van der Waals surface area contributed by atoms with E-state index in [2.05, 4.69) is 41.4 Å². The van der Waals surface area contributed by atoms with E-state index in [0.717, 1.165) is 36.0 Å². The van der Waals surface area contributed by atoms with E-state index in [4.69, 9.17) is 19.4 Å². The van der Waals surface area contributed by atoms with Gasteiger partial charge in [-0.2, -0.15) is 0 Å². The van der Waals surface area contributed by atoms with Crippen LogP contribution in [0.5, 0.6) is 5.75 Å². The Labute approximate surface area is 205 Å². The zero-order valence-corrected chi connectivity index (χ0v) is 20.3. The number of anilines is 2. The predicted molar refractivity (Wildman–Crippen MR) is 135 cm³/mol. The van der Waals surface area contributed by atoms with Gasteiger partial charge in [0, 0.05) is 38.0 Å². The maximum absolute atomic E-state index is 13.2. The Morgan fingerprint density at radius 3 is 2.71 bits per heavy atom. The van der Waals surface area contributed by atoms with Crippen molar-refractivity contribution in [1.29, 1.82) is 0 Å². The average Bonchev–Trinajstić information content (AvgIpc) is 2.89. The third-order valence-corrected chi connectivity index (χ3v) is 6.48. The van der Waals surface area contributed by atoms with Gasteiger partial charge in [0.15, 0.2) is 0 Å². The number of aromatic nitrogens is 2. The van der Waals surface area contributed by atoms with Crippen molar-refractivity contribution in [3.05, 3.63) is 76.7 Å². The first-order valence-electron chi connectivity index (χ1n) is 12.1. The summed E-state index contributed by atoms with van der Waals surface area (Å²) in [5.41, 5.74) is 5.15. The number of methoxy groups -OCH3 is 1. The molecule has 0 spiro atoms. The lowest BCUT2D eigenvalue weighted by molar-refractivity contribution is 0.122. The highest BCUT2D eigenvalue weighted by atomic mass is 16.5. The second kappa shape index (κ2) is 10.3. The molecule has 182 valence electrons. The topological polar surface area (TPSA) is 79.8 Å². The highest BCUT2D eigenvalue weighted by Gasteiger charge is 2.28.